The third kappa shape index (κ3) is 2.86. The molecule has 1 heterocycles. The third-order valence-corrected chi connectivity index (χ3v) is 3.17. The highest BCUT2D eigenvalue weighted by atomic mass is 16.2. The number of amides is 1. The van der Waals surface area contributed by atoms with Crippen LogP contribution >= 0.6 is 0 Å². The SMILES string of the molecule is Cc1cc(C)cc(CN2CCNC(C)C2=O)c1. The van der Waals surface area contributed by atoms with Crippen molar-refractivity contribution in [2.45, 2.75) is 33.4 Å². The second-order valence-electron chi connectivity index (χ2n) is 4.93. The van der Waals surface area contributed by atoms with Crippen LogP contribution in [0.4, 0.5) is 0 Å². The summed E-state index contributed by atoms with van der Waals surface area (Å²) in [6.07, 6.45) is 0. The minimum absolute atomic E-state index is 0.0466. The van der Waals surface area contributed by atoms with Gasteiger partial charge in [0.2, 0.25) is 5.91 Å². The first-order valence-electron chi connectivity index (χ1n) is 6.15. The van der Waals surface area contributed by atoms with Crippen molar-refractivity contribution in [2.75, 3.05) is 13.1 Å². The molecule has 1 fully saturated rings. The smallest absolute Gasteiger partial charge is 0.239 e. The zero-order valence-electron chi connectivity index (χ0n) is 10.8. The zero-order valence-corrected chi connectivity index (χ0v) is 10.8. The summed E-state index contributed by atoms with van der Waals surface area (Å²) in [5.41, 5.74) is 3.75. The molecule has 0 radical (unpaired) electrons. The van der Waals surface area contributed by atoms with Crippen molar-refractivity contribution < 1.29 is 4.79 Å². The lowest BCUT2D eigenvalue weighted by atomic mass is 10.1. The summed E-state index contributed by atoms with van der Waals surface area (Å²) >= 11 is 0. The number of rotatable bonds is 2. The third-order valence-electron chi connectivity index (χ3n) is 3.17. The summed E-state index contributed by atoms with van der Waals surface area (Å²) in [7, 11) is 0. The van der Waals surface area contributed by atoms with E-state index in [1.807, 2.05) is 11.8 Å². The topological polar surface area (TPSA) is 32.3 Å². The van der Waals surface area contributed by atoms with Gasteiger partial charge in [-0.25, -0.2) is 0 Å². The number of benzene rings is 1. The molecule has 2 rings (SSSR count). The van der Waals surface area contributed by atoms with Gasteiger partial charge in [0, 0.05) is 19.6 Å². The van der Waals surface area contributed by atoms with Crippen molar-refractivity contribution >= 4 is 5.91 Å². The average Bonchev–Trinajstić information content (AvgIpc) is 2.23. The molecule has 1 aromatic rings. The molecule has 1 atom stereocenters. The highest BCUT2D eigenvalue weighted by molar-refractivity contribution is 5.82. The van der Waals surface area contributed by atoms with E-state index >= 15 is 0 Å². The van der Waals surface area contributed by atoms with Crippen LogP contribution in [-0.4, -0.2) is 29.9 Å². The maximum Gasteiger partial charge on any atom is 0.239 e. The molecular formula is C14H20N2O. The summed E-state index contributed by atoms with van der Waals surface area (Å²) in [6.45, 7) is 8.54. The molecule has 1 aromatic carbocycles. The van der Waals surface area contributed by atoms with Gasteiger partial charge >= 0.3 is 0 Å². The van der Waals surface area contributed by atoms with Gasteiger partial charge in [0.15, 0.2) is 0 Å². The average molecular weight is 232 g/mol. The lowest BCUT2D eigenvalue weighted by Crippen LogP contribution is -2.53. The highest BCUT2D eigenvalue weighted by Gasteiger charge is 2.24. The van der Waals surface area contributed by atoms with Gasteiger partial charge in [-0.1, -0.05) is 29.3 Å². The Morgan fingerprint density at radius 2 is 1.94 bits per heavy atom. The van der Waals surface area contributed by atoms with Crippen LogP contribution in [0.2, 0.25) is 0 Å². The van der Waals surface area contributed by atoms with Crippen molar-refractivity contribution in [3.05, 3.63) is 34.9 Å². The number of nitrogens with zero attached hydrogens (tertiary/aromatic N) is 1. The molecule has 1 aliphatic rings. The second-order valence-corrected chi connectivity index (χ2v) is 4.93. The Hall–Kier alpha value is -1.35. The van der Waals surface area contributed by atoms with E-state index in [4.69, 9.17) is 0 Å². The Morgan fingerprint density at radius 3 is 2.59 bits per heavy atom. The number of hydrogen-bond donors (Lipinski definition) is 1. The first-order valence-corrected chi connectivity index (χ1v) is 6.15. The molecule has 3 heteroatoms. The minimum Gasteiger partial charge on any atom is -0.336 e. The van der Waals surface area contributed by atoms with E-state index in [1.54, 1.807) is 0 Å². The van der Waals surface area contributed by atoms with E-state index < -0.39 is 0 Å². The number of aryl methyl sites for hydroxylation is 2. The summed E-state index contributed by atoms with van der Waals surface area (Å²) in [6, 6.07) is 6.43. The molecule has 1 aliphatic heterocycles. The fourth-order valence-electron chi connectivity index (χ4n) is 2.43. The van der Waals surface area contributed by atoms with E-state index in [0.29, 0.717) is 0 Å². The first-order chi connectivity index (χ1) is 8.06. The molecule has 1 N–H and O–H groups in total. The Bertz CT molecular complexity index is 408. The van der Waals surface area contributed by atoms with E-state index in [1.165, 1.54) is 16.7 Å². The van der Waals surface area contributed by atoms with E-state index in [0.717, 1.165) is 19.6 Å². The molecule has 3 nitrogen and oxygen atoms in total. The Morgan fingerprint density at radius 1 is 1.29 bits per heavy atom. The number of nitrogens with one attached hydrogen (secondary N) is 1. The maximum absolute atomic E-state index is 12.0. The van der Waals surface area contributed by atoms with Gasteiger partial charge in [0.1, 0.15) is 0 Å². The molecule has 0 aliphatic carbocycles. The number of piperazine rings is 1. The van der Waals surface area contributed by atoms with Crippen molar-refractivity contribution in [1.82, 2.24) is 10.2 Å². The predicted molar refractivity (Wildman–Crippen MR) is 68.8 cm³/mol. The molecule has 17 heavy (non-hydrogen) atoms. The second kappa shape index (κ2) is 4.88. The largest absolute Gasteiger partial charge is 0.336 e. The highest BCUT2D eigenvalue weighted by Crippen LogP contribution is 2.13. The molecule has 0 spiro atoms. The molecule has 0 bridgehead atoms. The van der Waals surface area contributed by atoms with Crippen LogP contribution in [0.3, 0.4) is 0 Å². The summed E-state index contributed by atoms with van der Waals surface area (Å²) < 4.78 is 0. The van der Waals surface area contributed by atoms with E-state index in [2.05, 4.69) is 37.4 Å². The van der Waals surface area contributed by atoms with Crippen molar-refractivity contribution in [1.29, 1.82) is 0 Å². The van der Waals surface area contributed by atoms with Crippen LogP contribution in [0.5, 0.6) is 0 Å². The fraction of sp³-hybridized carbons (Fsp3) is 0.500. The lowest BCUT2D eigenvalue weighted by molar-refractivity contribution is -0.135. The monoisotopic (exact) mass is 232 g/mol. The quantitative estimate of drug-likeness (QED) is 0.840. The van der Waals surface area contributed by atoms with E-state index in [-0.39, 0.29) is 11.9 Å². The Labute approximate surface area is 103 Å². The molecule has 1 amide bonds. The predicted octanol–water partition coefficient (Wildman–Crippen LogP) is 1.62. The first kappa shape index (κ1) is 12.1. The van der Waals surface area contributed by atoms with Crippen molar-refractivity contribution in [2.24, 2.45) is 0 Å². The van der Waals surface area contributed by atoms with Gasteiger partial charge < -0.3 is 10.2 Å². The molecule has 1 unspecified atom stereocenters. The van der Waals surface area contributed by atoms with Crippen LogP contribution in [-0.2, 0) is 11.3 Å². The Kier molecular flexibility index (Phi) is 3.48. The van der Waals surface area contributed by atoms with Crippen LogP contribution in [0, 0.1) is 13.8 Å². The summed E-state index contributed by atoms with van der Waals surface area (Å²) in [4.78, 5) is 13.9. The Balaban J connectivity index is 2.12. The molecule has 0 saturated carbocycles. The van der Waals surface area contributed by atoms with Crippen LogP contribution in [0.15, 0.2) is 18.2 Å². The van der Waals surface area contributed by atoms with Gasteiger partial charge in [-0.3, -0.25) is 4.79 Å². The minimum atomic E-state index is -0.0466. The van der Waals surface area contributed by atoms with E-state index in [9.17, 15) is 4.79 Å². The maximum atomic E-state index is 12.0. The van der Waals surface area contributed by atoms with Crippen LogP contribution < -0.4 is 5.32 Å². The molecule has 92 valence electrons. The van der Waals surface area contributed by atoms with Gasteiger partial charge in [0.05, 0.1) is 6.04 Å². The number of hydrogen-bond acceptors (Lipinski definition) is 2. The van der Waals surface area contributed by atoms with Gasteiger partial charge in [-0.05, 0) is 26.3 Å². The number of carbonyl (C=O) groups is 1. The summed E-state index contributed by atoms with van der Waals surface area (Å²) in [5.74, 6) is 0.204. The number of carbonyl (C=O) groups excluding carboxylic acids is 1. The van der Waals surface area contributed by atoms with Gasteiger partial charge in [0.25, 0.3) is 0 Å². The van der Waals surface area contributed by atoms with Crippen LogP contribution in [0.1, 0.15) is 23.6 Å². The normalized spacial score (nSPS) is 20.8. The van der Waals surface area contributed by atoms with Crippen molar-refractivity contribution in [3.8, 4) is 0 Å². The molecular weight excluding hydrogens is 212 g/mol. The standard InChI is InChI=1S/C14H20N2O/c1-10-6-11(2)8-13(7-10)9-16-5-4-15-12(3)14(16)17/h6-8,12,15H,4-5,9H2,1-3H3. The van der Waals surface area contributed by atoms with Crippen LogP contribution in [0.25, 0.3) is 0 Å². The zero-order chi connectivity index (χ0) is 12.4. The molecule has 0 aromatic heterocycles. The lowest BCUT2D eigenvalue weighted by Gasteiger charge is -2.31. The summed E-state index contributed by atoms with van der Waals surface area (Å²) in [5, 5.41) is 3.18. The fourth-order valence-corrected chi connectivity index (χ4v) is 2.43. The molecule has 1 saturated heterocycles. The van der Waals surface area contributed by atoms with Gasteiger partial charge in [-0.2, -0.15) is 0 Å². The van der Waals surface area contributed by atoms with Crippen molar-refractivity contribution in [3.63, 3.8) is 0 Å². The van der Waals surface area contributed by atoms with Gasteiger partial charge in [-0.15, -0.1) is 0 Å².